The molecule has 180 valence electrons. The second-order valence-electron chi connectivity index (χ2n) is 9.52. The number of carbonyl (C=O) groups is 3. The van der Waals surface area contributed by atoms with Crippen LogP contribution in [0.2, 0.25) is 0 Å². The van der Waals surface area contributed by atoms with Gasteiger partial charge in [-0.15, -0.1) is 0 Å². The van der Waals surface area contributed by atoms with Crippen molar-refractivity contribution in [3.8, 4) is 0 Å². The number of benzene rings is 2. The molecule has 1 N–H and O–H groups in total. The number of carboxylic acid groups (broad SMARTS) is 1. The number of hydrogen-bond acceptors (Lipinski definition) is 4. The van der Waals surface area contributed by atoms with Crippen molar-refractivity contribution >= 4 is 17.8 Å². The van der Waals surface area contributed by atoms with E-state index in [2.05, 4.69) is 0 Å². The van der Waals surface area contributed by atoms with E-state index in [9.17, 15) is 14.4 Å². The van der Waals surface area contributed by atoms with E-state index < -0.39 is 17.5 Å². The van der Waals surface area contributed by atoms with Crippen LogP contribution in [0.4, 0.5) is 0 Å². The van der Waals surface area contributed by atoms with E-state index in [0.717, 1.165) is 22.3 Å². The Labute approximate surface area is 197 Å². The van der Waals surface area contributed by atoms with E-state index in [1.165, 1.54) is 16.0 Å². The summed E-state index contributed by atoms with van der Waals surface area (Å²) >= 11 is 0. The van der Waals surface area contributed by atoms with Crippen LogP contribution < -0.4 is 0 Å². The van der Waals surface area contributed by atoms with Crippen molar-refractivity contribution in [3.05, 3.63) is 68.8 Å². The van der Waals surface area contributed by atoms with Crippen LogP contribution in [0.15, 0.2) is 24.3 Å². The van der Waals surface area contributed by atoms with Gasteiger partial charge in [-0.1, -0.05) is 0 Å². The number of esters is 1. The third kappa shape index (κ3) is 8.37. The van der Waals surface area contributed by atoms with E-state index in [-0.39, 0.29) is 12.5 Å². The number of carbonyl (C=O) groups excluding carboxylic acids is 2. The predicted molar refractivity (Wildman–Crippen MR) is 131 cm³/mol. The van der Waals surface area contributed by atoms with Gasteiger partial charge in [-0.2, -0.15) is 0 Å². The molecule has 0 aliphatic heterocycles. The summed E-state index contributed by atoms with van der Waals surface area (Å²) in [6, 6.07) is 7.11. The summed E-state index contributed by atoms with van der Waals surface area (Å²) in [5.74, 6) is -1.44. The summed E-state index contributed by atoms with van der Waals surface area (Å²) in [7, 11) is 1.61. The zero-order chi connectivity index (χ0) is 25.7. The Bertz CT molecular complexity index is 1000. The summed E-state index contributed by atoms with van der Waals surface area (Å²) in [6.45, 7) is 17.2. The molecule has 0 heterocycles. The molecule has 1 amide bonds. The molecule has 0 saturated carbocycles. The lowest BCUT2D eigenvalue weighted by Gasteiger charge is -2.23. The second-order valence-corrected chi connectivity index (χ2v) is 9.52. The van der Waals surface area contributed by atoms with Crippen LogP contribution in [0.1, 0.15) is 74.9 Å². The molecule has 2 rings (SSSR count). The molecule has 0 atom stereocenters. The minimum atomic E-state index is -0.860. The van der Waals surface area contributed by atoms with E-state index in [1.54, 1.807) is 40.0 Å². The zero-order valence-corrected chi connectivity index (χ0v) is 21.5. The van der Waals surface area contributed by atoms with Gasteiger partial charge in [-0.25, -0.2) is 4.79 Å². The fourth-order valence-corrected chi connectivity index (χ4v) is 3.18. The topological polar surface area (TPSA) is 83.9 Å². The van der Waals surface area contributed by atoms with E-state index in [0.29, 0.717) is 11.1 Å². The summed E-state index contributed by atoms with van der Waals surface area (Å²) in [5, 5.41) is 8.72. The second kappa shape index (κ2) is 11.1. The third-order valence-corrected chi connectivity index (χ3v) is 5.48. The van der Waals surface area contributed by atoms with Gasteiger partial charge in [0.15, 0.2) is 0 Å². The molecular formula is C27H37NO5. The van der Waals surface area contributed by atoms with Gasteiger partial charge >= 0.3 is 11.9 Å². The van der Waals surface area contributed by atoms with Crippen molar-refractivity contribution in [2.75, 3.05) is 13.6 Å². The Morgan fingerprint density at radius 1 is 0.788 bits per heavy atom. The van der Waals surface area contributed by atoms with Gasteiger partial charge in [-0.3, -0.25) is 9.59 Å². The Hall–Kier alpha value is -3.15. The van der Waals surface area contributed by atoms with Crippen LogP contribution in [0, 0.1) is 41.5 Å². The molecule has 2 aromatic carbocycles. The van der Waals surface area contributed by atoms with Crippen molar-refractivity contribution in [3.63, 3.8) is 0 Å². The molecule has 0 spiro atoms. The van der Waals surface area contributed by atoms with Crippen molar-refractivity contribution in [1.29, 1.82) is 0 Å². The highest BCUT2D eigenvalue weighted by Gasteiger charge is 2.21. The lowest BCUT2D eigenvalue weighted by Crippen LogP contribution is -2.36. The fraction of sp³-hybridized carbons (Fsp3) is 0.444. The number of ether oxygens (including phenoxy) is 1. The highest BCUT2D eigenvalue weighted by Crippen LogP contribution is 2.17. The molecule has 6 heteroatoms. The zero-order valence-electron chi connectivity index (χ0n) is 21.5. The van der Waals surface area contributed by atoms with Gasteiger partial charge in [0.1, 0.15) is 12.1 Å². The molecule has 0 fully saturated rings. The maximum absolute atomic E-state index is 12.4. The highest BCUT2D eigenvalue weighted by atomic mass is 16.6. The number of aryl methyl sites for hydroxylation is 4. The molecule has 0 radical (unpaired) electrons. The number of nitrogens with zero attached hydrogens (tertiary/aromatic N) is 1. The summed E-state index contributed by atoms with van der Waals surface area (Å²) in [4.78, 5) is 36.2. The molecule has 0 saturated heterocycles. The van der Waals surface area contributed by atoms with Crippen LogP contribution in [0.3, 0.4) is 0 Å². The quantitative estimate of drug-likeness (QED) is 0.630. The maximum Gasteiger partial charge on any atom is 0.335 e. The molecular weight excluding hydrogens is 418 g/mol. The van der Waals surface area contributed by atoms with Gasteiger partial charge in [0.05, 0.1) is 5.56 Å². The molecule has 0 aliphatic carbocycles. The van der Waals surface area contributed by atoms with Gasteiger partial charge < -0.3 is 14.7 Å². The lowest BCUT2D eigenvalue weighted by molar-refractivity contribution is -0.155. The number of hydrogen-bond donors (Lipinski definition) is 1. The molecule has 2 aromatic rings. The van der Waals surface area contributed by atoms with Crippen LogP contribution in [0.5, 0.6) is 0 Å². The number of aromatic carboxylic acids is 1. The first-order valence-corrected chi connectivity index (χ1v) is 10.9. The smallest absolute Gasteiger partial charge is 0.335 e. The molecule has 0 aromatic heterocycles. The van der Waals surface area contributed by atoms with Crippen LogP contribution >= 0.6 is 0 Å². The monoisotopic (exact) mass is 455 g/mol. The Morgan fingerprint density at radius 3 is 1.48 bits per heavy atom. The number of likely N-dealkylation sites (N-methyl/N-ethyl adjacent to an activating group) is 1. The van der Waals surface area contributed by atoms with Crippen molar-refractivity contribution in [2.45, 2.75) is 67.9 Å². The van der Waals surface area contributed by atoms with Crippen LogP contribution in [-0.2, 0) is 9.53 Å². The van der Waals surface area contributed by atoms with Crippen molar-refractivity contribution in [2.24, 2.45) is 0 Å². The van der Waals surface area contributed by atoms with Gasteiger partial charge in [0.2, 0.25) is 0 Å². The Morgan fingerprint density at radius 2 is 1.15 bits per heavy atom. The molecule has 0 unspecified atom stereocenters. The van der Waals surface area contributed by atoms with Crippen LogP contribution in [-0.4, -0.2) is 47.0 Å². The standard InChI is InChI=1S/C17H25NO3.C10H12O2/c1-11-8-14(9-12(2)13(11)3)16(20)18(7)10-15(19)21-17(4,5)6;1-6-4-9(10(11)12)5-7(2)8(6)3/h8-9H,10H2,1-7H3;4-5H,1-3H3,(H,11,12). The summed E-state index contributed by atoms with van der Waals surface area (Å²) in [5.41, 5.74) is 6.99. The minimum absolute atomic E-state index is 0.0535. The summed E-state index contributed by atoms with van der Waals surface area (Å²) < 4.78 is 5.23. The SMILES string of the molecule is Cc1cc(C(=O)N(C)CC(=O)OC(C)(C)C)cc(C)c1C.Cc1cc(C(=O)O)cc(C)c1C. The van der Waals surface area contributed by atoms with E-state index in [1.807, 2.05) is 53.7 Å². The third-order valence-electron chi connectivity index (χ3n) is 5.48. The molecule has 33 heavy (non-hydrogen) atoms. The van der Waals surface area contributed by atoms with E-state index in [4.69, 9.17) is 9.84 Å². The predicted octanol–water partition coefficient (Wildman–Crippen LogP) is 5.34. The first-order chi connectivity index (χ1) is 15.0. The van der Waals surface area contributed by atoms with Crippen molar-refractivity contribution in [1.82, 2.24) is 4.90 Å². The normalized spacial score (nSPS) is 10.7. The van der Waals surface area contributed by atoms with Crippen molar-refractivity contribution < 1.29 is 24.2 Å². The summed E-state index contributed by atoms with van der Waals surface area (Å²) in [6.07, 6.45) is 0. The fourth-order valence-electron chi connectivity index (χ4n) is 3.18. The Kier molecular flexibility index (Phi) is 9.40. The van der Waals surface area contributed by atoms with Crippen LogP contribution in [0.25, 0.3) is 0 Å². The molecule has 0 aliphatic rings. The first kappa shape index (κ1) is 27.9. The number of rotatable bonds is 4. The largest absolute Gasteiger partial charge is 0.478 e. The minimum Gasteiger partial charge on any atom is -0.478 e. The lowest BCUT2D eigenvalue weighted by atomic mass is 10.00. The first-order valence-electron chi connectivity index (χ1n) is 10.9. The maximum atomic E-state index is 12.4. The van der Waals surface area contributed by atoms with Gasteiger partial charge in [-0.05, 0) is 120 Å². The van der Waals surface area contributed by atoms with Gasteiger partial charge in [0, 0.05) is 12.6 Å². The highest BCUT2D eigenvalue weighted by molar-refractivity contribution is 5.96. The Balaban J connectivity index is 0.000000383. The molecule has 6 nitrogen and oxygen atoms in total. The average molecular weight is 456 g/mol. The molecule has 0 bridgehead atoms. The number of amides is 1. The average Bonchev–Trinajstić information content (AvgIpc) is 2.67. The van der Waals surface area contributed by atoms with E-state index >= 15 is 0 Å². The number of carboxylic acids is 1. The van der Waals surface area contributed by atoms with Gasteiger partial charge in [0.25, 0.3) is 5.91 Å².